The zero-order valence-corrected chi connectivity index (χ0v) is 15.0. The molecule has 0 unspecified atom stereocenters. The maximum Gasteiger partial charge on any atom is 0.0802 e. The van der Waals surface area contributed by atoms with Gasteiger partial charge in [-0.25, -0.2) is 0 Å². The second-order valence-corrected chi connectivity index (χ2v) is 7.13. The summed E-state index contributed by atoms with van der Waals surface area (Å²) in [6.07, 6.45) is -0.249. The van der Waals surface area contributed by atoms with Crippen LogP contribution in [0.5, 0.6) is 0 Å². The number of hydrogen-bond donors (Lipinski definition) is 2. The number of ether oxygens (including phenoxy) is 2. The summed E-state index contributed by atoms with van der Waals surface area (Å²) in [7, 11) is 0. The molecule has 26 heavy (non-hydrogen) atoms. The third kappa shape index (κ3) is 5.64. The van der Waals surface area contributed by atoms with Crippen molar-refractivity contribution >= 4 is 0 Å². The summed E-state index contributed by atoms with van der Waals surface area (Å²) in [5.74, 6) is 0.376. The van der Waals surface area contributed by atoms with E-state index in [-0.39, 0.29) is 11.8 Å². The topological polar surface area (TPSA) is 58.9 Å². The van der Waals surface area contributed by atoms with Crippen molar-refractivity contribution in [1.82, 2.24) is 0 Å². The molecule has 1 aliphatic carbocycles. The van der Waals surface area contributed by atoms with Crippen LogP contribution in [0.4, 0.5) is 0 Å². The average molecular weight is 356 g/mol. The van der Waals surface area contributed by atoms with Crippen LogP contribution in [0.15, 0.2) is 60.7 Å². The Morgan fingerprint density at radius 1 is 0.654 bits per heavy atom. The molecule has 2 aromatic carbocycles. The summed E-state index contributed by atoms with van der Waals surface area (Å²) in [5, 5.41) is 20.1. The fourth-order valence-electron chi connectivity index (χ4n) is 3.53. The van der Waals surface area contributed by atoms with E-state index in [4.69, 9.17) is 9.47 Å². The molecule has 4 nitrogen and oxygen atoms in total. The lowest BCUT2D eigenvalue weighted by molar-refractivity contribution is -0.0849. The van der Waals surface area contributed by atoms with Gasteiger partial charge >= 0.3 is 0 Å². The highest BCUT2D eigenvalue weighted by Crippen LogP contribution is 2.31. The number of hydrogen-bond acceptors (Lipinski definition) is 4. The average Bonchev–Trinajstić information content (AvgIpc) is 2.67. The molecule has 2 N–H and O–H groups in total. The predicted octanol–water partition coefficient (Wildman–Crippen LogP) is 3.17. The van der Waals surface area contributed by atoms with Crippen molar-refractivity contribution in [2.75, 3.05) is 13.2 Å². The number of rotatable bonds is 8. The minimum Gasteiger partial charge on any atom is -0.390 e. The Hall–Kier alpha value is -1.72. The smallest absolute Gasteiger partial charge is 0.0802 e. The van der Waals surface area contributed by atoms with Crippen molar-refractivity contribution in [2.45, 2.75) is 38.3 Å². The Morgan fingerprint density at radius 2 is 1.04 bits per heavy atom. The van der Waals surface area contributed by atoms with Gasteiger partial charge in [0.1, 0.15) is 0 Å². The van der Waals surface area contributed by atoms with Gasteiger partial charge in [0, 0.05) is 0 Å². The molecule has 4 heteroatoms. The van der Waals surface area contributed by atoms with Crippen LogP contribution in [0.1, 0.15) is 24.0 Å². The summed E-state index contributed by atoms with van der Waals surface area (Å²) in [4.78, 5) is 0. The quantitative estimate of drug-likeness (QED) is 0.763. The van der Waals surface area contributed by atoms with Crippen LogP contribution in [0.2, 0.25) is 0 Å². The molecule has 1 saturated carbocycles. The van der Waals surface area contributed by atoms with Crippen LogP contribution in [-0.4, -0.2) is 35.6 Å². The van der Waals surface area contributed by atoms with Crippen molar-refractivity contribution in [2.24, 2.45) is 11.8 Å². The third-order valence-electron chi connectivity index (χ3n) is 5.09. The molecule has 140 valence electrons. The van der Waals surface area contributed by atoms with E-state index >= 15 is 0 Å². The normalized spacial score (nSPS) is 25.9. The Labute approximate surface area is 155 Å². The maximum absolute atomic E-state index is 10.0. The Bertz CT molecular complexity index is 574. The first-order valence-electron chi connectivity index (χ1n) is 9.32. The number of benzene rings is 2. The van der Waals surface area contributed by atoms with Crippen LogP contribution in [0.3, 0.4) is 0 Å². The lowest BCUT2D eigenvalue weighted by Crippen LogP contribution is -2.42. The van der Waals surface area contributed by atoms with E-state index in [1.165, 1.54) is 0 Å². The maximum atomic E-state index is 10.0. The van der Waals surface area contributed by atoms with E-state index in [0.29, 0.717) is 39.3 Å². The lowest BCUT2D eigenvalue weighted by atomic mass is 9.77. The van der Waals surface area contributed by atoms with Crippen molar-refractivity contribution in [3.8, 4) is 0 Å². The van der Waals surface area contributed by atoms with Crippen molar-refractivity contribution in [1.29, 1.82) is 0 Å². The summed E-state index contributed by atoms with van der Waals surface area (Å²) >= 11 is 0. The predicted molar refractivity (Wildman–Crippen MR) is 100 cm³/mol. The SMILES string of the molecule is O[C@@H]1C[C@@H](COCc2ccccc2)[C@@H](COCc2ccccc2)C[C@H]1O. The molecule has 0 amide bonds. The van der Waals surface area contributed by atoms with Gasteiger partial charge in [-0.15, -0.1) is 0 Å². The molecule has 4 atom stereocenters. The molecular weight excluding hydrogens is 328 g/mol. The van der Waals surface area contributed by atoms with E-state index in [9.17, 15) is 10.2 Å². The van der Waals surface area contributed by atoms with E-state index in [2.05, 4.69) is 0 Å². The number of aliphatic hydroxyl groups excluding tert-OH is 2. The Morgan fingerprint density at radius 3 is 1.42 bits per heavy atom. The van der Waals surface area contributed by atoms with Crippen LogP contribution >= 0.6 is 0 Å². The lowest BCUT2D eigenvalue weighted by Gasteiger charge is -2.37. The Balaban J connectivity index is 1.49. The molecule has 1 aliphatic rings. The van der Waals surface area contributed by atoms with Gasteiger partial charge in [-0.3, -0.25) is 0 Å². The van der Waals surface area contributed by atoms with Gasteiger partial charge in [0.15, 0.2) is 0 Å². The zero-order valence-electron chi connectivity index (χ0n) is 15.0. The molecule has 0 bridgehead atoms. The van der Waals surface area contributed by atoms with Gasteiger partial charge in [-0.1, -0.05) is 60.7 Å². The summed E-state index contributed by atoms with van der Waals surface area (Å²) in [6, 6.07) is 20.1. The molecule has 0 radical (unpaired) electrons. The number of aliphatic hydroxyl groups is 2. The summed E-state index contributed by atoms with van der Waals surface area (Å²) < 4.78 is 11.8. The van der Waals surface area contributed by atoms with Crippen molar-refractivity contribution in [3.63, 3.8) is 0 Å². The molecule has 2 aromatic rings. The van der Waals surface area contributed by atoms with Gasteiger partial charge in [0.05, 0.1) is 38.6 Å². The van der Waals surface area contributed by atoms with Crippen molar-refractivity contribution in [3.05, 3.63) is 71.8 Å². The van der Waals surface area contributed by atoms with Gasteiger partial charge in [-0.05, 0) is 35.8 Å². The first-order chi connectivity index (χ1) is 12.7. The van der Waals surface area contributed by atoms with Crippen LogP contribution in [0.25, 0.3) is 0 Å². The first kappa shape index (κ1) is 19.1. The summed E-state index contributed by atoms with van der Waals surface area (Å²) in [6.45, 7) is 2.26. The second kappa shape index (κ2) is 9.83. The summed E-state index contributed by atoms with van der Waals surface area (Å²) in [5.41, 5.74) is 2.28. The highest BCUT2D eigenvalue weighted by molar-refractivity contribution is 5.14. The Kier molecular flexibility index (Phi) is 7.21. The van der Waals surface area contributed by atoms with Crippen LogP contribution < -0.4 is 0 Å². The minimum atomic E-state index is -0.675. The second-order valence-electron chi connectivity index (χ2n) is 7.13. The minimum absolute atomic E-state index is 0.188. The molecular formula is C22H28O4. The van der Waals surface area contributed by atoms with E-state index in [0.717, 1.165) is 11.1 Å². The molecule has 0 spiro atoms. The third-order valence-corrected chi connectivity index (χ3v) is 5.09. The van der Waals surface area contributed by atoms with Gasteiger partial charge in [-0.2, -0.15) is 0 Å². The van der Waals surface area contributed by atoms with Crippen LogP contribution in [0, 0.1) is 11.8 Å². The zero-order chi connectivity index (χ0) is 18.2. The molecule has 0 saturated heterocycles. The van der Waals surface area contributed by atoms with Gasteiger partial charge in [0.25, 0.3) is 0 Å². The monoisotopic (exact) mass is 356 g/mol. The largest absolute Gasteiger partial charge is 0.390 e. The van der Waals surface area contributed by atoms with E-state index in [1.54, 1.807) is 0 Å². The highest BCUT2D eigenvalue weighted by atomic mass is 16.5. The molecule has 0 aliphatic heterocycles. The van der Waals surface area contributed by atoms with E-state index < -0.39 is 12.2 Å². The van der Waals surface area contributed by atoms with Crippen LogP contribution in [-0.2, 0) is 22.7 Å². The van der Waals surface area contributed by atoms with Crippen molar-refractivity contribution < 1.29 is 19.7 Å². The molecule has 3 rings (SSSR count). The molecule has 1 fully saturated rings. The van der Waals surface area contributed by atoms with Gasteiger partial charge < -0.3 is 19.7 Å². The van der Waals surface area contributed by atoms with E-state index in [1.807, 2.05) is 60.7 Å². The fourth-order valence-corrected chi connectivity index (χ4v) is 3.53. The molecule has 0 heterocycles. The standard InChI is InChI=1S/C22H28O4/c23-21-11-19(15-25-13-17-7-3-1-4-8-17)20(12-22(21)24)16-26-14-18-9-5-2-6-10-18/h1-10,19-24H,11-16H2/t19-,20+,21-,22-/m1/s1. The van der Waals surface area contributed by atoms with Gasteiger partial charge in [0.2, 0.25) is 0 Å². The highest BCUT2D eigenvalue weighted by Gasteiger charge is 2.35. The molecule has 0 aromatic heterocycles. The first-order valence-corrected chi connectivity index (χ1v) is 9.32. The fraction of sp³-hybridized carbons (Fsp3) is 0.455.